The van der Waals surface area contributed by atoms with Crippen molar-refractivity contribution in [3.8, 4) is 6.07 Å². The number of carboxylic acids is 1. The van der Waals surface area contributed by atoms with Crippen molar-refractivity contribution < 1.29 is 19.4 Å². The van der Waals surface area contributed by atoms with Gasteiger partial charge in [-0.1, -0.05) is 0 Å². The Kier molecular flexibility index (Phi) is 8.06. The molecule has 0 bridgehead atoms. The highest BCUT2D eigenvalue weighted by Gasteiger charge is 2.16. The quantitative estimate of drug-likeness (QED) is 0.470. The lowest BCUT2D eigenvalue weighted by molar-refractivity contribution is -0.136. The van der Waals surface area contributed by atoms with Crippen LogP contribution in [0.1, 0.15) is 13.8 Å². The van der Waals surface area contributed by atoms with E-state index in [-0.39, 0.29) is 28.2 Å². The molecule has 0 unspecified atom stereocenters. The van der Waals surface area contributed by atoms with Gasteiger partial charge in [-0.05, 0) is 38.1 Å². The Hall–Kier alpha value is -3.03. The average Bonchev–Trinajstić information content (AvgIpc) is 3.01. The molecule has 0 aliphatic rings. The van der Waals surface area contributed by atoms with Crippen molar-refractivity contribution in [2.45, 2.75) is 25.3 Å². The number of anilines is 1. The van der Waals surface area contributed by atoms with E-state index in [9.17, 15) is 19.6 Å². The highest BCUT2D eigenvalue weighted by molar-refractivity contribution is 8.00. The number of carbonyl (C=O) groups is 2. The summed E-state index contributed by atoms with van der Waals surface area (Å²) >= 11 is 2.24. The molecule has 0 fully saturated rings. The number of carbonyl (C=O) groups excluding carboxylic acids is 1. The van der Waals surface area contributed by atoms with E-state index in [4.69, 9.17) is 9.84 Å². The number of carboxylic acid groups (broad SMARTS) is 1. The monoisotopic (exact) mass is 433 g/mol. The second-order valence-corrected chi connectivity index (χ2v) is 7.60. The van der Waals surface area contributed by atoms with E-state index >= 15 is 0 Å². The number of esters is 1. The zero-order chi connectivity index (χ0) is 21.4. The first kappa shape index (κ1) is 22.3. The third kappa shape index (κ3) is 5.73. The van der Waals surface area contributed by atoms with Crippen molar-refractivity contribution in [2.75, 3.05) is 17.7 Å². The number of thioether (sulfide) groups is 1. The van der Waals surface area contributed by atoms with Crippen LogP contribution in [0.2, 0.25) is 0 Å². The Labute approximate surface area is 174 Å². The van der Waals surface area contributed by atoms with Crippen LogP contribution >= 0.6 is 23.1 Å². The zero-order valence-electron chi connectivity index (χ0n) is 15.8. The molecule has 0 spiro atoms. The maximum Gasteiger partial charge on any atom is 0.351 e. The second-order valence-electron chi connectivity index (χ2n) is 5.52. The number of nitrogens with zero attached hydrogens (tertiary/aromatic N) is 2. The van der Waals surface area contributed by atoms with Gasteiger partial charge in [0.05, 0.1) is 12.4 Å². The molecule has 0 saturated carbocycles. The average molecular weight is 434 g/mol. The molecular weight excluding hydrogens is 414 g/mol. The fourth-order valence-electron chi connectivity index (χ4n) is 2.32. The van der Waals surface area contributed by atoms with E-state index < -0.39 is 11.9 Å². The molecule has 10 heteroatoms. The van der Waals surface area contributed by atoms with Crippen LogP contribution < -0.4 is 20.1 Å². The summed E-state index contributed by atoms with van der Waals surface area (Å²) in [5.41, 5.74) is 0.192. The molecule has 2 N–H and O–H groups in total. The number of ether oxygens (including phenoxy) is 1. The van der Waals surface area contributed by atoms with Gasteiger partial charge in [0.1, 0.15) is 15.3 Å². The number of benzene rings is 1. The Morgan fingerprint density at radius 1 is 1.34 bits per heavy atom. The van der Waals surface area contributed by atoms with Gasteiger partial charge in [-0.15, -0.1) is 23.1 Å². The van der Waals surface area contributed by atoms with Crippen LogP contribution in [0, 0.1) is 11.3 Å². The van der Waals surface area contributed by atoms with Gasteiger partial charge in [0, 0.05) is 23.3 Å². The predicted octanol–water partition coefficient (Wildman–Crippen LogP) is 1.19. The molecule has 1 heterocycles. The summed E-state index contributed by atoms with van der Waals surface area (Å²) in [6, 6.07) is 8.91. The normalized spacial score (nSPS) is 12.2. The molecule has 0 radical (unpaired) electrons. The molecule has 0 aliphatic heterocycles. The molecule has 2 aromatic rings. The smallest absolute Gasteiger partial charge is 0.351 e. The Bertz CT molecular complexity index is 1110. The summed E-state index contributed by atoms with van der Waals surface area (Å²) in [7, 11) is 0. The fraction of sp³-hybridized carbons (Fsp3) is 0.263. The third-order valence-corrected chi connectivity index (χ3v) is 5.74. The second kappa shape index (κ2) is 10.5. The van der Waals surface area contributed by atoms with Gasteiger partial charge in [0.25, 0.3) is 5.56 Å². The highest BCUT2D eigenvalue weighted by atomic mass is 32.2. The minimum absolute atomic E-state index is 0.0222. The number of aromatic nitrogens is 1. The van der Waals surface area contributed by atoms with Crippen LogP contribution in [0.15, 0.2) is 34.0 Å². The summed E-state index contributed by atoms with van der Waals surface area (Å²) in [6.07, 6.45) is 1.52. The van der Waals surface area contributed by atoms with E-state index in [1.165, 1.54) is 22.5 Å². The first-order chi connectivity index (χ1) is 13.9. The number of hydrogen-bond donors (Lipinski definition) is 2. The maximum atomic E-state index is 12.6. The van der Waals surface area contributed by atoms with Crippen molar-refractivity contribution in [3.63, 3.8) is 0 Å². The van der Waals surface area contributed by atoms with Crippen molar-refractivity contribution in [3.05, 3.63) is 43.8 Å². The summed E-state index contributed by atoms with van der Waals surface area (Å²) in [5, 5.41) is 21.1. The fourth-order valence-corrected chi connectivity index (χ4v) is 4.01. The van der Waals surface area contributed by atoms with E-state index in [0.717, 1.165) is 16.2 Å². The SMILES string of the molecule is CCOC(=O)C(C#N)=c1sc(=CNc2ccc(SCC(=O)O)cc2)c(=O)n1CC. The van der Waals surface area contributed by atoms with Crippen LogP contribution in [0.25, 0.3) is 11.8 Å². The van der Waals surface area contributed by atoms with Gasteiger partial charge >= 0.3 is 11.9 Å². The molecule has 2 rings (SSSR count). The van der Waals surface area contributed by atoms with Crippen LogP contribution in [-0.4, -0.2) is 34.0 Å². The lowest BCUT2D eigenvalue weighted by Gasteiger charge is -2.02. The molecule has 0 aliphatic carbocycles. The van der Waals surface area contributed by atoms with Crippen molar-refractivity contribution >= 4 is 52.5 Å². The van der Waals surface area contributed by atoms with E-state index in [1.54, 1.807) is 38.1 Å². The van der Waals surface area contributed by atoms with Gasteiger partial charge in [-0.25, -0.2) is 4.79 Å². The maximum absolute atomic E-state index is 12.6. The standard InChI is InChI=1S/C19H19N3O5S2/c1-3-22-17(25)15(29-18(22)14(9-20)19(26)27-4-2)10-21-12-5-7-13(8-6-12)28-11-16(23)24/h5-8,10,21H,3-4,11H2,1-2H3,(H,23,24). The topological polar surface area (TPSA) is 121 Å². The van der Waals surface area contributed by atoms with Crippen molar-refractivity contribution in [1.29, 1.82) is 5.26 Å². The van der Waals surface area contributed by atoms with Crippen molar-refractivity contribution in [2.24, 2.45) is 0 Å². The van der Waals surface area contributed by atoms with Gasteiger partial charge in [0.15, 0.2) is 5.57 Å². The molecule has 0 atom stereocenters. The molecular formula is C19H19N3O5S2. The Morgan fingerprint density at radius 2 is 2.03 bits per heavy atom. The number of thiazole rings is 1. The molecule has 0 saturated heterocycles. The number of rotatable bonds is 8. The lowest BCUT2D eigenvalue weighted by atomic mass is 10.3. The predicted molar refractivity (Wildman–Crippen MR) is 112 cm³/mol. The number of aliphatic carboxylic acids is 1. The highest BCUT2D eigenvalue weighted by Crippen LogP contribution is 2.20. The summed E-state index contributed by atoms with van der Waals surface area (Å²) in [6.45, 7) is 3.83. The third-order valence-electron chi connectivity index (χ3n) is 3.62. The van der Waals surface area contributed by atoms with Crippen LogP contribution in [0.3, 0.4) is 0 Å². The van der Waals surface area contributed by atoms with Crippen LogP contribution in [0.4, 0.5) is 5.69 Å². The molecule has 1 aromatic heterocycles. The molecule has 152 valence electrons. The van der Waals surface area contributed by atoms with Gasteiger partial charge in [-0.2, -0.15) is 5.26 Å². The van der Waals surface area contributed by atoms with Crippen LogP contribution in [-0.2, 0) is 20.9 Å². The molecule has 8 nitrogen and oxygen atoms in total. The van der Waals surface area contributed by atoms with E-state index in [0.29, 0.717) is 16.8 Å². The molecule has 1 aromatic carbocycles. The number of hydrogen-bond acceptors (Lipinski definition) is 8. The molecule has 0 amide bonds. The van der Waals surface area contributed by atoms with Crippen molar-refractivity contribution in [1.82, 2.24) is 4.57 Å². The van der Waals surface area contributed by atoms with Gasteiger partial charge in [-0.3, -0.25) is 14.2 Å². The van der Waals surface area contributed by atoms with Gasteiger partial charge < -0.3 is 15.2 Å². The summed E-state index contributed by atoms with van der Waals surface area (Å²) in [5.74, 6) is -1.67. The summed E-state index contributed by atoms with van der Waals surface area (Å²) < 4.78 is 6.85. The van der Waals surface area contributed by atoms with Crippen LogP contribution in [0.5, 0.6) is 0 Å². The Morgan fingerprint density at radius 3 is 2.59 bits per heavy atom. The zero-order valence-corrected chi connectivity index (χ0v) is 17.4. The Balaban J connectivity index is 2.36. The first-order valence-electron chi connectivity index (χ1n) is 8.63. The summed E-state index contributed by atoms with van der Waals surface area (Å²) in [4.78, 5) is 36.1. The molecule has 29 heavy (non-hydrogen) atoms. The van der Waals surface area contributed by atoms with E-state index in [1.807, 2.05) is 6.07 Å². The largest absolute Gasteiger partial charge is 0.481 e. The number of nitriles is 1. The van der Waals surface area contributed by atoms with Gasteiger partial charge in [0.2, 0.25) is 0 Å². The lowest BCUT2D eigenvalue weighted by Crippen LogP contribution is -2.32. The minimum Gasteiger partial charge on any atom is -0.481 e. The number of nitrogens with one attached hydrogen (secondary N) is 1. The minimum atomic E-state index is -0.886. The first-order valence-corrected chi connectivity index (χ1v) is 10.4. The van der Waals surface area contributed by atoms with E-state index in [2.05, 4.69) is 5.32 Å².